The van der Waals surface area contributed by atoms with Crippen LogP contribution in [0.25, 0.3) is 11.3 Å². The number of aryl methyl sites for hydroxylation is 4. The molecule has 0 aliphatic heterocycles. The molecular weight excluding hydrogens is 428 g/mol. The highest BCUT2D eigenvalue weighted by Gasteiger charge is 2.16. The van der Waals surface area contributed by atoms with Gasteiger partial charge < -0.3 is 4.52 Å². The van der Waals surface area contributed by atoms with Crippen molar-refractivity contribution in [2.45, 2.75) is 38.3 Å². The van der Waals surface area contributed by atoms with Gasteiger partial charge in [-0.2, -0.15) is 4.98 Å². The van der Waals surface area contributed by atoms with Crippen LogP contribution in [0.1, 0.15) is 38.8 Å². The van der Waals surface area contributed by atoms with E-state index in [1.165, 1.54) is 39.8 Å². The third-order valence-corrected chi connectivity index (χ3v) is 6.71. The number of thioether (sulfide) groups is 1. The van der Waals surface area contributed by atoms with E-state index < -0.39 is 0 Å². The zero-order valence-corrected chi connectivity index (χ0v) is 19.4. The Kier molecular flexibility index (Phi) is 6.20. The molecule has 2 aromatic carbocycles. The lowest BCUT2D eigenvalue weighted by molar-refractivity contribution is 0.102. The Morgan fingerprint density at radius 1 is 1.06 bits per heavy atom. The Hall–Kier alpha value is -2.97. The molecule has 0 aliphatic rings. The van der Waals surface area contributed by atoms with Gasteiger partial charge in [0.1, 0.15) is 0 Å². The zero-order valence-electron chi connectivity index (χ0n) is 17.7. The number of hydrogen-bond acceptors (Lipinski definition) is 7. The fourth-order valence-electron chi connectivity index (χ4n) is 3.17. The van der Waals surface area contributed by atoms with Gasteiger partial charge in [0.2, 0.25) is 5.89 Å². The molecule has 0 fully saturated rings. The first-order valence-corrected chi connectivity index (χ1v) is 11.6. The van der Waals surface area contributed by atoms with Crippen molar-refractivity contribution in [3.8, 4) is 11.3 Å². The third kappa shape index (κ3) is 4.86. The second kappa shape index (κ2) is 9.03. The van der Waals surface area contributed by atoms with E-state index in [0.29, 0.717) is 28.2 Å². The van der Waals surface area contributed by atoms with Crippen LogP contribution >= 0.6 is 23.1 Å². The summed E-state index contributed by atoms with van der Waals surface area (Å²) in [5.41, 5.74) is 6.20. The Bertz CT molecular complexity index is 1250. The maximum Gasteiger partial charge on any atom is 0.258 e. The summed E-state index contributed by atoms with van der Waals surface area (Å²) in [6.45, 7) is 8.06. The minimum Gasteiger partial charge on any atom is -0.338 e. The maximum atomic E-state index is 13.0. The molecule has 2 aromatic heterocycles. The lowest BCUT2D eigenvalue weighted by atomic mass is 9.99. The summed E-state index contributed by atoms with van der Waals surface area (Å²) in [6, 6.07) is 11.8. The average molecular weight is 451 g/mol. The fraction of sp³-hybridized carbons (Fsp3) is 0.217. The van der Waals surface area contributed by atoms with Gasteiger partial charge in [-0.05, 0) is 62.6 Å². The van der Waals surface area contributed by atoms with Gasteiger partial charge in [0.15, 0.2) is 11.0 Å². The van der Waals surface area contributed by atoms with Crippen LogP contribution in [0.3, 0.4) is 0 Å². The summed E-state index contributed by atoms with van der Waals surface area (Å²) in [5, 5.41) is 9.29. The molecule has 0 aliphatic carbocycles. The van der Waals surface area contributed by atoms with Crippen LogP contribution in [0.4, 0.5) is 5.13 Å². The SMILES string of the molecule is Cc1noc(CSc2ccccc2C(=O)Nc2nc(-c3cc(C)c(C)cc3C)cs2)n1. The second-order valence-corrected chi connectivity index (χ2v) is 9.14. The highest BCUT2D eigenvalue weighted by molar-refractivity contribution is 7.98. The van der Waals surface area contributed by atoms with Crippen molar-refractivity contribution < 1.29 is 9.32 Å². The van der Waals surface area contributed by atoms with Crippen LogP contribution in [0.5, 0.6) is 0 Å². The summed E-state index contributed by atoms with van der Waals surface area (Å²) in [5.74, 6) is 1.44. The van der Waals surface area contributed by atoms with Crippen LogP contribution in [-0.2, 0) is 5.75 Å². The Balaban J connectivity index is 1.50. The number of carbonyl (C=O) groups excluding carboxylic acids is 1. The van der Waals surface area contributed by atoms with E-state index in [1.807, 2.05) is 23.6 Å². The lowest BCUT2D eigenvalue weighted by Gasteiger charge is -2.08. The van der Waals surface area contributed by atoms with Crippen molar-refractivity contribution in [3.63, 3.8) is 0 Å². The van der Waals surface area contributed by atoms with Gasteiger partial charge >= 0.3 is 0 Å². The normalized spacial score (nSPS) is 11.0. The smallest absolute Gasteiger partial charge is 0.258 e. The number of rotatable bonds is 6. The zero-order chi connectivity index (χ0) is 22.0. The highest BCUT2D eigenvalue weighted by Crippen LogP contribution is 2.31. The van der Waals surface area contributed by atoms with Gasteiger partial charge in [-0.1, -0.05) is 23.4 Å². The minimum atomic E-state index is -0.192. The van der Waals surface area contributed by atoms with E-state index in [0.717, 1.165) is 16.2 Å². The molecular formula is C23H22N4O2S2. The van der Waals surface area contributed by atoms with E-state index in [2.05, 4.69) is 53.3 Å². The molecule has 4 aromatic rings. The summed E-state index contributed by atoms with van der Waals surface area (Å²) in [4.78, 5) is 22.7. The quantitative estimate of drug-likeness (QED) is 0.364. The van der Waals surface area contributed by atoms with Crippen LogP contribution in [0.15, 0.2) is 51.2 Å². The van der Waals surface area contributed by atoms with Crippen LogP contribution in [0, 0.1) is 27.7 Å². The predicted octanol–water partition coefficient (Wildman–Crippen LogP) is 5.97. The van der Waals surface area contributed by atoms with Gasteiger partial charge in [0.25, 0.3) is 5.91 Å². The number of carbonyl (C=O) groups is 1. The van der Waals surface area contributed by atoms with Crippen molar-refractivity contribution >= 4 is 34.1 Å². The monoisotopic (exact) mass is 450 g/mol. The maximum absolute atomic E-state index is 13.0. The molecule has 0 spiro atoms. The van der Waals surface area contributed by atoms with E-state index in [4.69, 9.17) is 4.52 Å². The molecule has 2 heterocycles. The molecule has 6 nitrogen and oxygen atoms in total. The first-order valence-electron chi connectivity index (χ1n) is 9.77. The molecule has 1 amide bonds. The first kappa shape index (κ1) is 21.3. The number of nitrogens with one attached hydrogen (secondary N) is 1. The molecule has 158 valence electrons. The summed E-state index contributed by atoms with van der Waals surface area (Å²) in [7, 11) is 0. The van der Waals surface area contributed by atoms with Crippen molar-refractivity contribution in [2.24, 2.45) is 0 Å². The van der Waals surface area contributed by atoms with Crippen LogP contribution in [0.2, 0.25) is 0 Å². The number of hydrogen-bond donors (Lipinski definition) is 1. The van der Waals surface area contributed by atoms with Gasteiger partial charge in [0.05, 0.1) is 17.0 Å². The van der Waals surface area contributed by atoms with E-state index in [1.54, 1.807) is 13.0 Å². The summed E-state index contributed by atoms with van der Waals surface area (Å²) < 4.78 is 5.16. The first-order chi connectivity index (χ1) is 14.9. The van der Waals surface area contributed by atoms with Crippen molar-refractivity contribution in [2.75, 3.05) is 5.32 Å². The minimum absolute atomic E-state index is 0.192. The largest absolute Gasteiger partial charge is 0.338 e. The molecule has 0 atom stereocenters. The molecule has 31 heavy (non-hydrogen) atoms. The summed E-state index contributed by atoms with van der Waals surface area (Å²) >= 11 is 2.91. The fourth-order valence-corrected chi connectivity index (χ4v) is 4.77. The number of anilines is 1. The number of nitrogens with zero attached hydrogens (tertiary/aromatic N) is 3. The lowest BCUT2D eigenvalue weighted by Crippen LogP contribution is -2.12. The van der Waals surface area contributed by atoms with Crippen molar-refractivity contribution in [1.29, 1.82) is 0 Å². The van der Waals surface area contributed by atoms with Gasteiger partial charge in [-0.25, -0.2) is 4.98 Å². The number of benzene rings is 2. The molecule has 0 saturated carbocycles. The van der Waals surface area contributed by atoms with E-state index >= 15 is 0 Å². The van der Waals surface area contributed by atoms with Gasteiger partial charge in [-0.15, -0.1) is 23.1 Å². The summed E-state index contributed by atoms with van der Waals surface area (Å²) in [6.07, 6.45) is 0. The van der Waals surface area contributed by atoms with Crippen molar-refractivity contribution in [1.82, 2.24) is 15.1 Å². The van der Waals surface area contributed by atoms with E-state index in [-0.39, 0.29) is 5.91 Å². The van der Waals surface area contributed by atoms with Crippen LogP contribution in [-0.4, -0.2) is 21.0 Å². The number of amides is 1. The Labute approximate surface area is 189 Å². The average Bonchev–Trinajstić information content (AvgIpc) is 3.38. The number of thiazole rings is 1. The molecule has 0 radical (unpaired) electrons. The van der Waals surface area contributed by atoms with Crippen molar-refractivity contribution in [3.05, 3.63) is 75.7 Å². The molecule has 1 N–H and O–H groups in total. The molecule has 4 rings (SSSR count). The Morgan fingerprint density at radius 3 is 2.61 bits per heavy atom. The van der Waals surface area contributed by atoms with Gasteiger partial charge in [-0.3, -0.25) is 10.1 Å². The van der Waals surface area contributed by atoms with E-state index in [9.17, 15) is 4.79 Å². The second-order valence-electron chi connectivity index (χ2n) is 7.26. The third-order valence-electron chi connectivity index (χ3n) is 4.89. The predicted molar refractivity (Wildman–Crippen MR) is 125 cm³/mol. The molecule has 0 unspecified atom stereocenters. The topological polar surface area (TPSA) is 80.9 Å². The highest BCUT2D eigenvalue weighted by atomic mass is 32.2. The molecule has 8 heteroatoms. The Morgan fingerprint density at radius 2 is 1.84 bits per heavy atom. The molecule has 0 saturated heterocycles. The molecule has 0 bridgehead atoms. The number of aromatic nitrogens is 3. The van der Waals surface area contributed by atoms with Gasteiger partial charge in [0, 0.05) is 15.8 Å². The standard InChI is InChI=1S/C23H22N4O2S2/c1-13-9-15(3)18(10-14(13)2)19-11-31-23(25-19)26-22(28)17-7-5-6-8-20(17)30-12-21-24-16(4)27-29-21/h5-11H,12H2,1-4H3,(H,25,26,28). The van der Waals surface area contributed by atoms with Crippen LogP contribution < -0.4 is 5.32 Å².